The normalized spacial score (nSPS) is 18.4. The van der Waals surface area contributed by atoms with Gasteiger partial charge < -0.3 is 9.32 Å². The predicted molar refractivity (Wildman–Crippen MR) is 99.5 cm³/mol. The van der Waals surface area contributed by atoms with E-state index in [2.05, 4.69) is 32.9 Å². The minimum atomic E-state index is -0.288. The van der Waals surface area contributed by atoms with Crippen LogP contribution in [0.5, 0.6) is 0 Å². The molecule has 1 atom stereocenters. The smallest absolute Gasteiger partial charge is 0.298 e. The lowest BCUT2D eigenvalue weighted by Crippen LogP contribution is -2.33. The van der Waals surface area contributed by atoms with E-state index in [-0.39, 0.29) is 5.82 Å². The molecule has 0 amide bonds. The average molecular weight is 354 g/mol. The highest BCUT2D eigenvalue weighted by molar-refractivity contribution is 5.74. The van der Waals surface area contributed by atoms with Crippen molar-refractivity contribution in [3.8, 4) is 0 Å². The maximum absolute atomic E-state index is 13.4. The molecule has 1 aliphatic heterocycles. The van der Waals surface area contributed by atoms with Crippen molar-refractivity contribution < 1.29 is 8.81 Å². The average Bonchev–Trinajstić information content (AvgIpc) is 2.90. The Morgan fingerprint density at radius 3 is 3.00 bits per heavy atom. The van der Waals surface area contributed by atoms with Crippen LogP contribution in [0.3, 0.4) is 0 Å². The highest BCUT2D eigenvalue weighted by Crippen LogP contribution is 2.26. The Kier molecular flexibility index (Phi) is 4.84. The summed E-state index contributed by atoms with van der Waals surface area (Å²) in [6.45, 7) is 2.64. The minimum Gasteiger partial charge on any atom is -0.423 e. The fourth-order valence-electron chi connectivity index (χ4n) is 3.61. The summed E-state index contributed by atoms with van der Waals surface area (Å²) in [5, 5.41) is 0. The van der Waals surface area contributed by atoms with Crippen LogP contribution in [0.4, 0.5) is 10.4 Å². The monoisotopic (exact) mass is 354 g/mol. The van der Waals surface area contributed by atoms with Crippen molar-refractivity contribution >= 4 is 17.1 Å². The van der Waals surface area contributed by atoms with Gasteiger partial charge in [0.2, 0.25) is 0 Å². The van der Waals surface area contributed by atoms with Crippen LogP contribution in [-0.4, -0.2) is 41.0 Å². The van der Waals surface area contributed by atoms with Gasteiger partial charge in [0.1, 0.15) is 11.3 Å². The molecule has 4 rings (SSSR count). The van der Waals surface area contributed by atoms with Gasteiger partial charge in [-0.25, -0.2) is 4.39 Å². The molecule has 1 fully saturated rings. The molecule has 0 saturated carbocycles. The van der Waals surface area contributed by atoms with Gasteiger partial charge in [-0.05, 0) is 50.6 Å². The first-order chi connectivity index (χ1) is 12.7. The summed E-state index contributed by atoms with van der Waals surface area (Å²) >= 11 is 0. The van der Waals surface area contributed by atoms with E-state index in [1.165, 1.54) is 12.1 Å². The molecule has 0 radical (unpaired) electrons. The van der Waals surface area contributed by atoms with Gasteiger partial charge in [-0.2, -0.15) is 4.98 Å². The van der Waals surface area contributed by atoms with Gasteiger partial charge >= 0.3 is 0 Å². The Balaban J connectivity index is 1.42. The molecule has 3 heterocycles. The van der Waals surface area contributed by atoms with E-state index in [4.69, 9.17) is 4.42 Å². The van der Waals surface area contributed by atoms with Gasteiger partial charge in [0, 0.05) is 37.9 Å². The third-order valence-corrected chi connectivity index (χ3v) is 5.07. The third-order valence-electron chi connectivity index (χ3n) is 5.07. The first-order valence-electron chi connectivity index (χ1n) is 9.10. The molecule has 0 N–H and O–H groups in total. The number of fused-ring (bicyclic) bond motifs is 1. The fourth-order valence-corrected chi connectivity index (χ4v) is 3.61. The molecule has 1 aliphatic rings. The number of nitrogens with zero attached hydrogens (tertiary/aromatic N) is 4. The number of rotatable bonds is 4. The van der Waals surface area contributed by atoms with Crippen molar-refractivity contribution in [3.05, 3.63) is 54.1 Å². The molecule has 136 valence electrons. The quantitative estimate of drug-likeness (QED) is 0.712. The number of benzene rings is 1. The second kappa shape index (κ2) is 7.41. The SMILES string of the molecule is CN(Cc1ccccn1)[C@@H]1CCCN(c2nc3cc(F)ccc3o2)CC1. The van der Waals surface area contributed by atoms with Crippen molar-refractivity contribution in [3.63, 3.8) is 0 Å². The van der Waals surface area contributed by atoms with Gasteiger partial charge in [-0.3, -0.25) is 9.88 Å². The van der Waals surface area contributed by atoms with E-state index in [9.17, 15) is 4.39 Å². The molecule has 1 aromatic carbocycles. The summed E-state index contributed by atoms with van der Waals surface area (Å²) in [5.74, 6) is -0.288. The summed E-state index contributed by atoms with van der Waals surface area (Å²) in [7, 11) is 2.16. The number of aromatic nitrogens is 2. The van der Waals surface area contributed by atoms with Crippen LogP contribution in [0.1, 0.15) is 25.0 Å². The Morgan fingerprint density at radius 1 is 1.23 bits per heavy atom. The lowest BCUT2D eigenvalue weighted by molar-refractivity contribution is 0.214. The predicted octanol–water partition coefficient (Wildman–Crippen LogP) is 3.85. The minimum absolute atomic E-state index is 0.288. The molecule has 0 unspecified atom stereocenters. The zero-order valence-corrected chi connectivity index (χ0v) is 14.9. The van der Waals surface area contributed by atoms with Crippen molar-refractivity contribution in [2.75, 3.05) is 25.0 Å². The maximum Gasteiger partial charge on any atom is 0.298 e. The van der Waals surface area contributed by atoms with Gasteiger partial charge in [0.05, 0.1) is 5.69 Å². The van der Waals surface area contributed by atoms with Crippen LogP contribution in [0, 0.1) is 5.82 Å². The van der Waals surface area contributed by atoms with Crippen LogP contribution in [-0.2, 0) is 6.54 Å². The molecule has 26 heavy (non-hydrogen) atoms. The van der Waals surface area contributed by atoms with Crippen LogP contribution in [0.2, 0.25) is 0 Å². The third kappa shape index (κ3) is 3.70. The van der Waals surface area contributed by atoms with E-state index >= 15 is 0 Å². The number of anilines is 1. The molecule has 1 saturated heterocycles. The van der Waals surface area contributed by atoms with Gasteiger partial charge in [0.25, 0.3) is 6.01 Å². The number of halogens is 1. The summed E-state index contributed by atoms with van der Waals surface area (Å²) in [5.41, 5.74) is 2.31. The maximum atomic E-state index is 13.4. The summed E-state index contributed by atoms with van der Waals surface area (Å²) in [4.78, 5) is 13.5. The Bertz CT molecular complexity index is 867. The van der Waals surface area contributed by atoms with Gasteiger partial charge in [-0.15, -0.1) is 0 Å². The van der Waals surface area contributed by atoms with Crippen LogP contribution in [0.15, 0.2) is 47.0 Å². The summed E-state index contributed by atoms with van der Waals surface area (Å²) < 4.78 is 19.2. The zero-order chi connectivity index (χ0) is 17.9. The van der Waals surface area contributed by atoms with E-state index in [1.54, 1.807) is 6.07 Å². The largest absolute Gasteiger partial charge is 0.423 e. The number of pyridine rings is 1. The number of hydrogen-bond donors (Lipinski definition) is 0. The highest BCUT2D eigenvalue weighted by atomic mass is 19.1. The first-order valence-corrected chi connectivity index (χ1v) is 9.10. The second-order valence-electron chi connectivity index (χ2n) is 6.92. The van der Waals surface area contributed by atoms with Crippen molar-refractivity contribution in [2.24, 2.45) is 0 Å². The Labute approximate surface area is 152 Å². The first kappa shape index (κ1) is 17.0. The molecule has 5 nitrogen and oxygen atoms in total. The van der Waals surface area contributed by atoms with Crippen LogP contribution < -0.4 is 4.90 Å². The van der Waals surface area contributed by atoms with E-state index in [0.717, 1.165) is 44.6 Å². The Morgan fingerprint density at radius 2 is 2.15 bits per heavy atom. The zero-order valence-electron chi connectivity index (χ0n) is 14.9. The molecule has 0 spiro atoms. The lowest BCUT2D eigenvalue weighted by Gasteiger charge is -2.26. The van der Waals surface area contributed by atoms with Crippen molar-refractivity contribution in [2.45, 2.75) is 31.8 Å². The fraction of sp³-hybridized carbons (Fsp3) is 0.400. The Hall–Kier alpha value is -2.47. The lowest BCUT2D eigenvalue weighted by atomic mass is 10.1. The van der Waals surface area contributed by atoms with Gasteiger partial charge in [0.15, 0.2) is 5.58 Å². The van der Waals surface area contributed by atoms with Crippen LogP contribution >= 0.6 is 0 Å². The van der Waals surface area contributed by atoms with E-state index in [0.29, 0.717) is 23.2 Å². The topological polar surface area (TPSA) is 45.4 Å². The van der Waals surface area contributed by atoms with Crippen molar-refractivity contribution in [1.29, 1.82) is 0 Å². The molecule has 6 heteroatoms. The summed E-state index contributed by atoms with van der Waals surface area (Å²) in [6.07, 6.45) is 5.09. The molecule has 3 aromatic rings. The molecule has 2 aromatic heterocycles. The number of oxazole rings is 1. The molecular weight excluding hydrogens is 331 g/mol. The molecule has 0 aliphatic carbocycles. The van der Waals surface area contributed by atoms with E-state index in [1.807, 2.05) is 18.3 Å². The second-order valence-corrected chi connectivity index (χ2v) is 6.92. The van der Waals surface area contributed by atoms with E-state index < -0.39 is 0 Å². The summed E-state index contributed by atoms with van der Waals surface area (Å²) in [6, 6.07) is 11.6. The number of hydrogen-bond acceptors (Lipinski definition) is 5. The molecule has 0 bridgehead atoms. The standard InChI is InChI=1S/C20H23FN4O/c1-24(14-16-5-2-3-10-22-16)17-6-4-11-25(12-9-17)20-23-18-13-15(21)7-8-19(18)26-20/h2-3,5,7-8,10,13,17H,4,6,9,11-12,14H2,1H3/t17-/m1/s1. The van der Waals surface area contributed by atoms with Crippen LogP contribution in [0.25, 0.3) is 11.1 Å². The van der Waals surface area contributed by atoms with Gasteiger partial charge in [-0.1, -0.05) is 6.07 Å². The molecular formula is C20H23FN4O. The highest BCUT2D eigenvalue weighted by Gasteiger charge is 2.23. The van der Waals surface area contributed by atoms with Crippen molar-refractivity contribution in [1.82, 2.24) is 14.9 Å².